The molecule has 0 saturated heterocycles. The molecule has 0 aliphatic heterocycles. The van der Waals surface area contributed by atoms with Crippen LogP contribution < -0.4 is 10.4 Å². The van der Waals surface area contributed by atoms with Crippen LogP contribution in [0.2, 0.25) is 5.04 Å². The zero-order valence-electron chi connectivity index (χ0n) is 21.9. The number of likely N-dealkylation sites (N-methyl/N-ethyl adjacent to an activating group) is 1. The molecule has 2 rings (SSSR count). The minimum absolute atomic E-state index is 0.531. The van der Waals surface area contributed by atoms with Crippen molar-refractivity contribution < 1.29 is 29.1 Å². The van der Waals surface area contributed by atoms with Gasteiger partial charge in [0.05, 0.1) is 13.7 Å². The Labute approximate surface area is 209 Å². The van der Waals surface area contributed by atoms with E-state index in [1.807, 2.05) is 81.4 Å². The second kappa shape index (κ2) is 11.3. The largest absolute Gasteiger partial charge is 0.527 e. The summed E-state index contributed by atoms with van der Waals surface area (Å²) in [4.78, 5) is 37.6. The van der Waals surface area contributed by atoms with Gasteiger partial charge in [-0.2, -0.15) is 0 Å². The van der Waals surface area contributed by atoms with Crippen molar-refractivity contribution in [2.45, 2.75) is 58.2 Å². The maximum absolute atomic E-state index is 13.4. The molecule has 0 radical (unpaired) electrons. The fourth-order valence-corrected chi connectivity index (χ4v) is 9.70. The van der Waals surface area contributed by atoms with Crippen LogP contribution in [0.3, 0.4) is 0 Å². The number of hydroxylamine groups is 3. The van der Waals surface area contributed by atoms with E-state index in [0.29, 0.717) is 0 Å². The summed E-state index contributed by atoms with van der Waals surface area (Å²) < 4.78 is 6.90. The van der Waals surface area contributed by atoms with E-state index in [1.54, 1.807) is 20.8 Å². The first-order valence-electron chi connectivity index (χ1n) is 11.5. The molecule has 0 heterocycles. The predicted octanol–water partition coefficient (Wildman–Crippen LogP) is 3.10. The summed E-state index contributed by atoms with van der Waals surface area (Å²) in [6, 6.07) is 18.1. The van der Waals surface area contributed by atoms with Gasteiger partial charge in [-0.25, -0.2) is 9.86 Å². The van der Waals surface area contributed by atoms with E-state index < -0.39 is 43.6 Å². The van der Waals surface area contributed by atoms with Crippen LogP contribution in [-0.2, 0) is 19.2 Å². The molecule has 1 amide bonds. The highest BCUT2D eigenvalue weighted by Gasteiger charge is 2.59. The summed E-state index contributed by atoms with van der Waals surface area (Å²) in [5.74, 6) is -0.563. The average Bonchev–Trinajstić information content (AvgIpc) is 2.78. The van der Waals surface area contributed by atoms with Crippen LogP contribution in [-0.4, -0.2) is 67.6 Å². The molecule has 192 valence electrons. The van der Waals surface area contributed by atoms with Crippen LogP contribution in [0.1, 0.15) is 41.5 Å². The third-order valence-corrected chi connectivity index (χ3v) is 11.3. The van der Waals surface area contributed by atoms with Crippen molar-refractivity contribution in [1.82, 2.24) is 9.79 Å². The Hall–Kier alpha value is -2.72. The minimum atomic E-state index is -3.38. The van der Waals surface area contributed by atoms with Gasteiger partial charge in [-0.3, -0.25) is 9.63 Å². The first-order valence-corrected chi connectivity index (χ1v) is 13.5. The second-order valence-corrected chi connectivity index (χ2v) is 14.8. The molecular formula is C26H38N2O6Si. The number of aliphatic hydroxyl groups is 1. The van der Waals surface area contributed by atoms with E-state index in [0.717, 1.165) is 15.4 Å². The number of amides is 1. The fourth-order valence-electron chi connectivity index (χ4n) is 4.24. The van der Waals surface area contributed by atoms with E-state index >= 15 is 0 Å². The molecule has 35 heavy (non-hydrogen) atoms. The van der Waals surface area contributed by atoms with E-state index in [2.05, 4.69) is 0 Å². The molecule has 0 aliphatic carbocycles. The topological polar surface area (TPSA) is 88.5 Å². The summed E-state index contributed by atoms with van der Waals surface area (Å²) in [5, 5.41) is 12.8. The quantitative estimate of drug-likeness (QED) is 0.337. The lowest BCUT2D eigenvalue weighted by atomic mass is 10.2. The van der Waals surface area contributed by atoms with Gasteiger partial charge in [0.1, 0.15) is 11.6 Å². The lowest BCUT2D eigenvalue weighted by Gasteiger charge is -2.50. The molecule has 0 aromatic heterocycles. The number of carbonyl (C=O) groups excluding carboxylic acids is 2. The van der Waals surface area contributed by atoms with Crippen molar-refractivity contribution in [2.24, 2.45) is 0 Å². The molecule has 0 unspecified atom stereocenters. The highest BCUT2D eigenvalue weighted by atomic mass is 28.3. The predicted molar refractivity (Wildman–Crippen MR) is 137 cm³/mol. The van der Waals surface area contributed by atoms with Gasteiger partial charge in [-0.1, -0.05) is 81.4 Å². The third-order valence-electron chi connectivity index (χ3n) is 5.69. The molecule has 0 fully saturated rings. The van der Waals surface area contributed by atoms with Gasteiger partial charge in [-0.15, -0.1) is 4.73 Å². The molecule has 0 aliphatic rings. The van der Waals surface area contributed by atoms with Crippen molar-refractivity contribution in [3.63, 3.8) is 0 Å². The van der Waals surface area contributed by atoms with Gasteiger partial charge in [0, 0.05) is 7.05 Å². The molecule has 8 nitrogen and oxygen atoms in total. The summed E-state index contributed by atoms with van der Waals surface area (Å²) in [6.07, 6.45) is -0.961. The van der Waals surface area contributed by atoms with Gasteiger partial charge >= 0.3 is 6.16 Å². The van der Waals surface area contributed by atoms with Crippen molar-refractivity contribution in [3.05, 3.63) is 60.7 Å². The number of hydrogen-bond acceptors (Lipinski definition) is 7. The average molecular weight is 503 g/mol. The van der Waals surface area contributed by atoms with Gasteiger partial charge in [0.2, 0.25) is 8.24 Å². The van der Waals surface area contributed by atoms with Crippen molar-refractivity contribution >= 4 is 30.7 Å². The smallest absolute Gasteiger partial charge is 0.427 e. The number of aliphatic hydroxyl groups excluding tert-OH is 1. The Kier molecular flexibility index (Phi) is 9.24. The van der Waals surface area contributed by atoms with Crippen LogP contribution in [0.4, 0.5) is 4.79 Å². The van der Waals surface area contributed by atoms with Gasteiger partial charge < -0.3 is 14.7 Å². The van der Waals surface area contributed by atoms with Crippen LogP contribution >= 0.6 is 0 Å². The van der Waals surface area contributed by atoms with Crippen molar-refractivity contribution in [2.75, 3.05) is 20.8 Å². The number of carbonyl (C=O) groups is 2. The van der Waals surface area contributed by atoms with Crippen LogP contribution in [0.15, 0.2) is 60.7 Å². The third kappa shape index (κ3) is 6.29. The van der Waals surface area contributed by atoms with E-state index in [9.17, 15) is 14.7 Å². The molecule has 0 bridgehead atoms. The fraction of sp³-hybridized carbons (Fsp3) is 0.462. The molecule has 2 aromatic carbocycles. The molecule has 1 atom stereocenters. The van der Waals surface area contributed by atoms with E-state index in [1.165, 1.54) is 18.9 Å². The van der Waals surface area contributed by atoms with Crippen LogP contribution in [0.25, 0.3) is 0 Å². The van der Waals surface area contributed by atoms with Crippen molar-refractivity contribution in [3.8, 4) is 0 Å². The molecule has 9 heteroatoms. The molecule has 2 aromatic rings. The maximum atomic E-state index is 13.4. The Morgan fingerprint density at radius 3 is 1.71 bits per heavy atom. The van der Waals surface area contributed by atoms with Crippen LogP contribution in [0.5, 0.6) is 0 Å². The highest BCUT2D eigenvalue weighted by Crippen LogP contribution is 2.40. The van der Waals surface area contributed by atoms with Gasteiger partial charge in [0.15, 0.2) is 0 Å². The monoisotopic (exact) mass is 502 g/mol. The number of rotatable bonds is 8. The Morgan fingerprint density at radius 1 is 0.914 bits per heavy atom. The minimum Gasteiger partial charge on any atom is -0.427 e. The molecule has 0 spiro atoms. The Balaban J connectivity index is 2.92. The number of hydrogen-bond donors (Lipinski definition) is 1. The summed E-state index contributed by atoms with van der Waals surface area (Å²) in [5.41, 5.74) is -0.823. The standard InChI is InChI=1S/C26H38N2O6Si/c1-25(2,3)33-24(31)34-28(22(19-29)23(30)27(7)32-8)35(26(4,5)6,20-15-11-9-12-16-20)21-17-13-10-14-18-21/h9-18,22,29H,19H2,1-8H3/t22-/m1/s1. The van der Waals surface area contributed by atoms with E-state index in [4.69, 9.17) is 14.4 Å². The molecule has 0 saturated carbocycles. The Morgan fingerprint density at radius 2 is 1.37 bits per heavy atom. The number of ether oxygens (including phenoxy) is 1. The summed E-state index contributed by atoms with van der Waals surface area (Å²) in [7, 11) is -0.573. The summed E-state index contributed by atoms with van der Waals surface area (Å²) >= 11 is 0. The van der Waals surface area contributed by atoms with E-state index in [-0.39, 0.29) is 0 Å². The molecular weight excluding hydrogens is 464 g/mol. The summed E-state index contributed by atoms with van der Waals surface area (Å²) in [6.45, 7) is 10.7. The number of nitrogens with zero attached hydrogens (tertiary/aromatic N) is 2. The lowest BCUT2D eigenvalue weighted by molar-refractivity contribution is -0.188. The second-order valence-electron chi connectivity index (χ2n) is 10.3. The maximum Gasteiger partial charge on any atom is 0.527 e. The zero-order chi connectivity index (χ0) is 26.4. The first-order chi connectivity index (χ1) is 16.3. The van der Waals surface area contributed by atoms with Crippen molar-refractivity contribution in [1.29, 1.82) is 0 Å². The zero-order valence-corrected chi connectivity index (χ0v) is 22.9. The van der Waals surface area contributed by atoms with Gasteiger partial charge in [-0.05, 0) is 36.2 Å². The normalized spacial score (nSPS) is 13.3. The number of benzene rings is 2. The SMILES string of the molecule is CON(C)C(=O)[C@@H](CO)N(OC(=O)OC(C)(C)C)[Si](c1ccccc1)(c1ccccc1)C(C)(C)C. The van der Waals surface area contributed by atoms with Gasteiger partial charge in [0.25, 0.3) is 5.91 Å². The van der Waals surface area contributed by atoms with Crippen LogP contribution in [0, 0.1) is 0 Å². The highest BCUT2D eigenvalue weighted by molar-refractivity contribution is 7.02. The Bertz CT molecular complexity index is 933. The molecule has 1 N–H and O–H groups in total. The first kappa shape index (κ1) is 28.5. The lowest BCUT2D eigenvalue weighted by Crippen LogP contribution is -2.78.